The molecule has 4 rings (SSSR count). The minimum absolute atomic E-state index is 0.0715. The maximum absolute atomic E-state index is 12.5. The van der Waals surface area contributed by atoms with Gasteiger partial charge in [0.15, 0.2) is 5.76 Å². The van der Waals surface area contributed by atoms with Crippen molar-refractivity contribution >= 4 is 5.91 Å². The zero-order valence-corrected chi connectivity index (χ0v) is 11.8. The highest BCUT2D eigenvalue weighted by molar-refractivity contribution is 6.02. The van der Waals surface area contributed by atoms with Gasteiger partial charge in [-0.1, -0.05) is 65.8 Å². The molecule has 1 aliphatic heterocycles. The normalized spacial score (nSPS) is 16.9. The van der Waals surface area contributed by atoms with Crippen LogP contribution in [0.2, 0.25) is 0 Å². The Labute approximate surface area is 127 Å². The summed E-state index contributed by atoms with van der Waals surface area (Å²) in [6.45, 7) is 0. The van der Waals surface area contributed by atoms with Crippen molar-refractivity contribution in [3.63, 3.8) is 0 Å². The standard InChI is InChI=1S/C18H14N2O2/c21-18-16-15(11-14(19-18)12-7-3-1-4-8-12)22-20-17(16)13-9-5-2-6-10-13/h1-10,14H,11H2,(H,19,21). The highest BCUT2D eigenvalue weighted by Gasteiger charge is 2.32. The first kappa shape index (κ1) is 12.8. The molecule has 0 bridgehead atoms. The maximum Gasteiger partial charge on any atom is 0.257 e. The van der Waals surface area contributed by atoms with Crippen LogP contribution in [0.25, 0.3) is 11.3 Å². The number of carbonyl (C=O) groups is 1. The van der Waals surface area contributed by atoms with Gasteiger partial charge in [0.2, 0.25) is 0 Å². The molecule has 0 saturated heterocycles. The number of nitrogens with zero attached hydrogens (tertiary/aromatic N) is 1. The van der Waals surface area contributed by atoms with Crippen molar-refractivity contribution in [2.75, 3.05) is 0 Å². The van der Waals surface area contributed by atoms with Crippen molar-refractivity contribution in [1.82, 2.24) is 10.5 Å². The van der Waals surface area contributed by atoms with Crippen LogP contribution in [-0.4, -0.2) is 11.1 Å². The zero-order valence-electron chi connectivity index (χ0n) is 11.8. The average molecular weight is 290 g/mol. The van der Waals surface area contributed by atoms with E-state index in [1.54, 1.807) is 0 Å². The van der Waals surface area contributed by atoms with Gasteiger partial charge in [-0.05, 0) is 5.56 Å². The first-order valence-corrected chi connectivity index (χ1v) is 7.22. The quantitative estimate of drug-likeness (QED) is 0.787. The molecule has 2 aromatic carbocycles. The number of rotatable bonds is 2. The summed E-state index contributed by atoms with van der Waals surface area (Å²) in [5, 5.41) is 7.16. The molecular formula is C18H14N2O2. The summed E-state index contributed by atoms with van der Waals surface area (Å²) in [6.07, 6.45) is 0.616. The molecule has 108 valence electrons. The van der Waals surface area contributed by atoms with Crippen LogP contribution in [0, 0.1) is 0 Å². The van der Waals surface area contributed by atoms with E-state index in [0.717, 1.165) is 11.1 Å². The Balaban J connectivity index is 1.73. The number of aromatic nitrogens is 1. The molecule has 1 amide bonds. The molecule has 0 radical (unpaired) electrons. The van der Waals surface area contributed by atoms with Crippen molar-refractivity contribution in [3.05, 3.63) is 77.6 Å². The monoisotopic (exact) mass is 290 g/mol. The molecule has 4 heteroatoms. The Morgan fingerprint density at radius 1 is 1.00 bits per heavy atom. The molecule has 0 spiro atoms. The number of carbonyl (C=O) groups excluding carboxylic acids is 1. The molecule has 1 atom stereocenters. The molecule has 0 fully saturated rings. The SMILES string of the molecule is O=C1NC(c2ccccc2)Cc2onc(-c3ccccc3)c21. The van der Waals surface area contributed by atoms with Crippen LogP contribution in [0.5, 0.6) is 0 Å². The van der Waals surface area contributed by atoms with Crippen molar-refractivity contribution in [1.29, 1.82) is 0 Å². The van der Waals surface area contributed by atoms with Crippen molar-refractivity contribution in [2.24, 2.45) is 0 Å². The third-order valence-corrected chi connectivity index (χ3v) is 3.93. The Bertz CT molecular complexity index is 810. The lowest BCUT2D eigenvalue weighted by Crippen LogP contribution is -2.34. The maximum atomic E-state index is 12.5. The summed E-state index contributed by atoms with van der Waals surface area (Å²) in [6, 6.07) is 19.5. The lowest BCUT2D eigenvalue weighted by atomic mass is 9.94. The lowest BCUT2D eigenvalue weighted by Gasteiger charge is -2.22. The smallest absolute Gasteiger partial charge is 0.257 e. The molecule has 1 N–H and O–H groups in total. The van der Waals surface area contributed by atoms with Crippen LogP contribution < -0.4 is 5.32 Å². The summed E-state index contributed by atoms with van der Waals surface area (Å²) in [5.41, 5.74) is 3.12. The van der Waals surface area contributed by atoms with Gasteiger partial charge in [0.1, 0.15) is 11.3 Å². The van der Waals surface area contributed by atoms with E-state index in [1.165, 1.54) is 0 Å². The molecule has 2 heterocycles. The number of amides is 1. The summed E-state index contributed by atoms with van der Waals surface area (Å²) in [5.74, 6) is 0.520. The topological polar surface area (TPSA) is 55.1 Å². The highest BCUT2D eigenvalue weighted by Crippen LogP contribution is 2.32. The second-order valence-corrected chi connectivity index (χ2v) is 5.34. The van der Waals surface area contributed by atoms with Crippen LogP contribution in [0.4, 0.5) is 0 Å². The van der Waals surface area contributed by atoms with Crippen molar-refractivity contribution in [2.45, 2.75) is 12.5 Å². The second kappa shape index (κ2) is 5.15. The van der Waals surface area contributed by atoms with E-state index >= 15 is 0 Å². The van der Waals surface area contributed by atoms with Gasteiger partial charge < -0.3 is 9.84 Å². The fraction of sp³-hybridized carbons (Fsp3) is 0.111. The van der Waals surface area contributed by atoms with E-state index < -0.39 is 0 Å². The van der Waals surface area contributed by atoms with E-state index in [4.69, 9.17) is 4.52 Å². The largest absolute Gasteiger partial charge is 0.360 e. The molecule has 22 heavy (non-hydrogen) atoms. The number of hydrogen-bond donors (Lipinski definition) is 1. The van der Waals surface area contributed by atoms with Gasteiger partial charge in [-0.3, -0.25) is 4.79 Å². The van der Waals surface area contributed by atoms with E-state index in [2.05, 4.69) is 10.5 Å². The van der Waals surface area contributed by atoms with E-state index in [1.807, 2.05) is 60.7 Å². The fourth-order valence-corrected chi connectivity index (χ4v) is 2.84. The third-order valence-electron chi connectivity index (χ3n) is 3.93. The predicted molar refractivity (Wildman–Crippen MR) is 82.3 cm³/mol. The van der Waals surface area contributed by atoms with Crippen LogP contribution in [0.15, 0.2) is 65.2 Å². The Morgan fingerprint density at radius 2 is 1.68 bits per heavy atom. The van der Waals surface area contributed by atoms with Gasteiger partial charge in [-0.2, -0.15) is 0 Å². The molecule has 1 aromatic heterocycles. The minimum atomic E-state index is -0.129. The third kappa shape index (κ3) is 2.09. The van der Waals surface area contributed by atoms with Crippen LogP contribution >= 0.6 is 0 Å². The molecule has 0 saturated carbocycles. The zero-order chi connectivity index (χ0) is 14.9. The first-order valence-electron chi connectivity index (χ1n) is 7.22. The Hall–Kier alpha value is -2.88. The predicted octanol–water partition coefficient (Wildman–Crippen LogP) is 3.37. The van der Waals surface area contributed by atoms with E-state index in [9.17, 15) is 4.79 Å². The average Bonchev–Trinajstić information content (AvgIpc) is 3.01. The van der Waals surface area contributed by atoms with Gasteiger partial charge in [0.25, 0.3) is 5.91 Å². The number of fused-ring (bicyclic) bond motifs is 1. The molecule has 1 aliphatic rings. The van der Waals surface area contributed by atoms with E-state index in [0.29, 0.717) is 23.4 Å². The molecule has 4 nitrogen and oxygen atoms in total. The molecule has 1 unspecified atom stereocenters. The lowest BCUT2D eigenvalue weighted by molar-refractivity contribution is 0.0920. The summed E-state index contributed by atoms with van der Waals surface area (Å²) >= 11 is 0. The molecule has 3 aromatic rings. The fourth-order valence-electron chi connectivity index (χ4n) is 2.84. The minimum Gasteiger partial charge on any atom is -0.360 e. The van der Waals surface area contributed by atoms with Crippen LogP contribution in [-0.2, 0) is 6.42 Å². The van der Waals surface area contributed by atoms with Crippen molar-refractivity contribution in [3.8, 4) is 11.3 Å². The first-order chi connectivity index (χ1) is 10.8. The van der Waals surface area contributed by atoms with E-state index in [-0.39, 0.29) is 11.9 Å². The summed E-state index contributed by atoms with van der Waals surface area (Å²) in [7, 11) is 0. The van der Waals surface area contributed by atoms with Gasteiger partial charge >= 0.3 is 0 Å². The Morgan fingerprint density at radius 3 is 2.41 bits per heavy atom. The molecule has 0 aliphatic carbocycles. The van der Waals surface area contributed by atoms with Gasteiger partial charge in [0.05, 0.1) is 6.04 Å². The Kier molecular flexibility index (Phi) is 3.00. The summed E-state index contributed by atoms with van der Waals surface area (Å²) < 4.78 is 5.45. The van der Waals surface area contributed by atoms with Crippen molar-refractivity contribution < 1.29 is 9.32 Å². The number of benzene rings is 2. The van der Waals surface area contributed by atoms with Gasteiger partial charge in [-0.25, -0.2) is 0 Å². The van der Waals surface area contributed by atoms with Crippen LogP contribution in [0.1, 0.15) is 27.7 Å². The molecular weight excluding hydrogens is 276 g/mol. The van der Waals surface area contributed by atoms with Crippen LogP contribution in [0.3, 0.4) is 0 Å². The number of nitrogens with one attached hydrogen (secondary N) is 1. The highest BCUT2D eigenvalue weighted by atomic mass is 16.5. The number of hydrogen-bond acceptors (Lipinski definition) is 3. The van der Waals surface area contributed by atoms with Gasteiger partial charge in [0, 0.05) is 12.0 Å². The summed E-state index contributed by atoms with van der Waals surface area (Å²) in [4.78, 5) is 12.5. The van der Waals surface area contributed by atoms with Gasteiger partial charge in [-0.15, -0.1) is 0 Å². The second-order valence-electron chi connectivity index (χ2n) is 5.34.